The summed E-state index contributed by atoms with van der Waals surface area (Å²) in [5.74, 6) is -4.25. The van der Waals surface area contributed by atoms with E-state index in [1.54, 1.807) is 0 Å². The molecule has 0 fully saturated rings. The van der Waals surface area contributed by atoms with Crippen LogP contribution in [-0.4, -0.2) is 43.5 Å². The molecule has 2 heterocycles. The largest absolute Gasteiger partial charge is 0.395 e. The predicted molar refractivity (Wildman–Crippen MR) is 91.6 cm³/mol. The lowest BCUT2D eigenvalue weighted by Crippen LogP contribution is -2.20. The molecule has 1 aromatic carbocycles. The molecule has 0 aliphatic carbocycles. The van der Waals surface area contributed by atoms with E-state index >= 15 is 0 Å². The smallest absolute Gasteiger partial charge is 0.281 e. The van der Waals surface area contributed by atoms with E-state index in [-0.39, 0.29) is 40.9 Å². The van der Waals surface area contributed by atoms with Crippen LogP contribution in [0.4, 0.5) is 19.0 Å². The van der Waals surface area contributed by atoms with Crippen molar-refractivity contribution in [2.24, 2.45) is 4.99 Å². The minimum Gasteiger partial charge on any atom is -0.395 e. The Morgan fingerprint density at radius 1 is 1.35 bits per heavy atom. The number of imidazole rings is 1. The number of hydrogen-bond donors (Lipinski definition) is 2. The average Bonchev–Trinajstić information content (AvgIpc) is 3.18. The fourth-order valence-electron chi connectivity index (χ4n) is 2.43. The van der Waals surface area contributed by atoms with Crippen LogP contribution in [-0.2, 0) is 11.3 Å². The van der Waals surface area contributed by atoms with Crippen molar-refractivity contribution < 1.29 is 23.1 Å². The van der Waals surface area contributed by atoms with Gasteiger partial charge in [0.2, 0.25) is 0 Å². The number of aliphatic hydroxyl groups is 1. The molecule has 2 atom stereocenters. The van der Waals surface area contributed by atoms with Crippen LogP contribution in [0, 0.1) is 17.5 Å². The van der Waals surface area contributed by atoms with E-state index in [4.69, 9.17) is 0 Å². The van der Waals surface area contributed by atoms with Gasteiger partial charge < -0.3 is 15.0 Å². The Morgan fingerprint density at radius 3 is 2.65 bits per heavy atom. The van der Waals surface area contributed by atoms with Gasteiger partial charge in [-0.15, -0.1) is 0 Å². The van der Waals surface area contributed by atoms with Gasteiger partial charge >= 0.3 is 0 Å². The highest BCUT2D eigenvalue weighted by molar-refractivity contribution is 8.16. The van der Waals surface area contributed by atoms with Gasteiger partial charge in [-0.2, -0.15) is 0 Å². The summed E-state index contributed by atoms with van der Waals surface area (Å²) in [7, 11) is 0. The van der Waals surface area contributed by atoms with E-state index in [0.717, 1.165) is 12.1 Å². The number of hydrogen-bond acceptors (Lipinski definition) is 5. The third-order valence-electron chi connectivity index (χ3n) is 3.78. The van der Waals surface area contributed by atoms with Crippen molar-refractivity contribution >= 4 is 28.5 Å². The fraction of sp³-hybridized carbons (Fsp3) is 0.312. The summed E-state index contributed by atoms with van der Waals surface area (Å²) >= 11 is 1.19. The topological polar surface area (TPSA) is 79.5 Å². The number of amides is 1. The maximum absolute atomic E-state index is 13.3. The molecule has 0 spiro atoms. The van der Waals surface area contributed by atoms with Gasteiger partial charge in [-0.3, -0.25) is 9.79 Å². The fourth-order valence-corrected chi connectivity index (χ4v) is 3.44. The number of aromatic nitrogens is 2. The van der Waals surface area contributed by atoms with Crippen LogP contribution in [0.5, 0.6) is 0 Å². The SMILES string of the molecule is CC1N=C(C(=O)Nc2cn(Cc3cc(F)c(F)c(F)c3)cn2)SC1CO. The van der Waals surface area contributed by atoms with Gasteiger partial charge in [-0.05, 0) is 24.6 Å². The summed E-state index contributed by atoms with van der Waals surface area (Å²) in [4.78, 5) is 20.4. The number of halogens is 3. The second-order valence-corrected chi connectivity index (χ2v) is 7.00. The summed E-state index contributed by atoms with van der Waals surface area (Å²) in [6.45, 7) is 1.78. The molecule has 0 radical (unpaired) electrons. The molecule has 6 nitrogen and oxygen atoms in total. The molecule has 10 heteroatoms. The van der Waals surface area contributed by atoms with Gasteiger partial charge in [-0.1, -0.05) is 11.8 Å². The standard InChI is InChI=1S/C16H15F3N4O2S/c1-8-12(6-24)26-16(21-8)15(25)22-13-5-23(7-20-13)4-9-2-10(17)14(19)11(18)3-9/h2-3,5,7-8,12,24H,4,6H2,1H3,(H,22,25). The third-order valence-corrected chi connectivity index (χ3v) is 5.14. The van der Waals surface area contributed by atoms with Gasteiger partial charge in [0.05, 0.1) is 24.2 Å². The number of thioether (sulfide) groups is 1. The lowest BCUT2D eigenvalue weighted by molar-refractivity contribution is -0.110. The van der Waals surface area contributed by atoms with Crippen molar-refractivity contribution in [1.29, 1.82) is 0 Å². The Bertz CT molecular complexity index is 848. The normalized spacial score (nSPS) is 19.5. The summed E-state index contributed by atoms with van der Waals surface area (Å²) in [6, 6.07) is 1.64. The Morgan fingerprint density at radius 2 is 2.04 bits per heavy atom. The maximum Gasteiger partial charge on any atom is 0.281 e. The Labute approximate surface area is 151 Å². The Balaban J connectivity index is 1.65. The Hall–Kier alpha value is -2.33. The number of aliphatic hydroxyl groups excluding tert-OH is 1. The van der Waals surface area contributed by atoms with Crippen LogP contribution in [0.25, 0.3) is 0 Å². The van der Waals surface area contributed by atoms with Crippen LogP contribution < -0.4 is 5.32 Å². The van der Waals surface area contributed by atoms with Crippen molar-refractivity contribution in [3.63, 3.8) is 0 Å². The summed E-state index contributed by atoms with van der Waals surface area (Å²) in [5, 5.41) is 11.9. The van der Waals surface area contributed by atoms with Crippen LogP contribution in [0.1, 0.15) is 12.5 Å². The van der Waals surface area contributed by atoms with E-state index in [9.17, 15) is 23.1 Å². The van der Waals surface area contributed by atoms with Crippen molar-refractivity contribution in [3.8, 4) is 0 Å². The summed E-state index contributed by atoms with van der Waals surface area (Å²) in [6.07, 6.45) is 2.85. The van der Waals surface area contributed by atoms with Crippen LogP contribution in [0.3, 0.4) is 0 Å². The van der Waals surface area contributed by atoms with Gasteiger partial charge in [0.15, 0.2) is 28.3 Å². The Kier molecular flexibility index (Phi) is 5.33. The zero-order chi connectivity index (χ0) is 18.8. The number of nitrogens with zero attached hydrogens (tertiary/aromatic N) is 3. The number of carbonyl (C=O) groups is 1. The molecule has 1 aliphatic heterocycles. The number of nitrogens with one attached hydrogen (secondary N) is 1. The zero-order valence-electron chi connectivity index (χ0n) is 13.6. The van der Waals surface area contributed by atoms with Gasteiger partial charge in [0.25, 0.3) is 5.91 Å². The first-order valence-corrected chi connectivity index (χ1v) is 8.57. The highest BCUT2D eigenvalue weighted by atomic mass is 32.2. The molecule has 2 N–H and O–H groups in total. The lowest BCUT2D eigenvalue weighted by Gasteiger charge is -2.07. The lowest BCUT2D eigenvalue weighted by atomic mass is 10.2. The van der Waals surface area contributed by atoms with Gasteiger partial charge in [-0.25, -0.2) is 18.2 Å². The first kappa shape index (κ1) is 18.5. The molecule has 1 aromatic heterocycles. The molecule has 3 rings (SSSR count). The van der Waals surface area contributed by atoms with Crippen molar-refractivity contribution in [2.75, 3.05) is 11.9 Å². The summed E-state index contributed by atoms with van der Waals surface area (Å²) in [5.41, 5.74) is 0.215. The first-order chi connectivity index (χ1) is 12.4. The molecule has 26 heavy (non-hydrogen) atoms. The second-order valence-electron chi connectivity index (χ2n) is 5.77. The predicted octanol–water partition coefficient (Wildman–Crippen LogP) is 2.18. The molecule has 0 bridgehead atoms. The van der Waals surface area contributed by atoms with E-state index in [1.807, 2.05) is 6.92 Å². The minimum atomic E-state index is -1.52. The highest BCUT2D eigenvalue weighted by Gasteiger charge is 2.30. The van der Waals surface area contributed by atoms with Crippen molar-refractivity contribution in [2.45, 2.75) is 24.8 Å². The third kappa shape index (κ3) is 3.91. The highest BCUT2D eigenvalue weighted by Crippen LogP contribution is 2.27. The summed E-state index contributed by atoms with van der Waals surface area (Å²) < 4.78 is 41.0. The molecule has 0 saturated carbocycles. The monoisotopic (exact) mass is 384 g/mol. The molecule has 138 valence electrons. The first-order valence-electron chi connectivity index (χ1n) is 7.69. The van der Waals surface area contributed by atoms with Gasteiger partial charge in [0.1, 0.15) is 0 Å². The molecule has 2 aromatic rings. The van der Waals surface area contributed by atoms with E-state index in [0.29, 0.717) is 0 Å². The van der Waals surface area contributed by atoms with E-state index in [2.05, 4.69) is 15.3 Å². The van der Waals surface area contributed by atoms with Crippen LogP contribution in [0.2, 0.25) is 0 Å². The van der Waals surface area contributed by atoms with Gasteiger partial charge in [0, 0.05) is 12.7 Å². The maximum atomic E-state index is 13.3. The van der Waals surface area contributed by atoms with Crippen LogP contribution >= 0.6 is 11.8 Å². The van der Waals surface area contributed by atoms with E-state index < -0.39 is 23.4 Å². The second kappa shape index (κ2) is 7.50. The molecule has 1 amide bonds. The van der Waals surface area contributed by atoms with Crippen molar-refractivity contribution in [1.82, 2.24) is 9.55 Å². The molecule has 0 saturated heterocycles. The average molecular weight is 384 g/mol. The number of carbonyl (C=O) groups excluding carboxylic acids is 1. The number of aliphatic imine (C=N–C) groups is 1. The number of anilines is 1. The minimum absolute atomic E-state index is 0.0519. The number of rotatable bonds is 5. The number of benzene rings is 1. The molecule has 2 unspecified atom stereocenters. The van der Waals surface area contributed by atoms with Crippen molar-refractivity contribution in [3.05, 3.63) is 47.7 Å². The molecular formula is C16H15F3N4O2S. The van der Waals surface area contributed by atoms with E-state index in [1.165, 1.54) is 28.9 Å². The zero-order valence-corrected chi connectivity index (χ0v) is 14.4. The quantitative estimate of drug-likeness (QED) is 0.775. The molecular weight excluding hydrogens is 369 g/mol. The molecule has 1 aliphatic rings. The van der Waals surface area contributed by atoms with Crippen LogP contribution in [0.15, 0.2) is 29.6 Å².